The normalized spacial score (nSPS) is 19.8. The summed E-state index contributed by atoms with van der Waals surface area (Å²) >= 11 is 1.95. The maximum absolute atomic E-state index is 10.7. The largest absolute Gasteiger partial charge is 0.385 e. The molecule has 0 radical (unpaired) electrons. The van der Waals surface area contributed by atoms with Crippen molar-refractivity contribution in [3.8, 4) is 0 Å². The van der Waals surface area contributed by atoms with Gasteiger partial charge in [-0.15, -0.1) is 0 Å². The van der Waals surface area contributed by atoms with Gasteiger partial charge >= 0.3 is 0 Å². The standard InChI is InChI=1S/C14H20OS/c1-10-8-12(3)13(9-11(10)2)14(15)4-6-16-7-5-14/h8-9,15H,4-7H2,1-3H3. The Kier molecular flexibility index (Phi) is 3.32. The van der Waals surface area contributed by atoms with E-state index in [0.29, 0.717) is 0 Å². The molecule has 1 fully saturated rings. The fourth-order valence-corrected chi connectivity index (χ4v) is 3.61. The van der Waals surface area contributed by atoms with E-state index < -0.39 is 5.60 Å². The SMILES string of the molecule is Cc1cc(C)c(C2(O)CCSCC2)cc1C. The van der Waals surface area contributed by atoms with Crippen molar-refractivity contribution in [2.24, 2.45) is 0 Å². The van der Waals surface area contributed by atoms with Crippen LogP contribution in [0.3, 0.4) is 0 Å². The van der Waals surface area contributed by atoms with Crippen molar-refractivity contribution >= 4 is 11.8 Å². The summed E-state index contributed by atoms with van der Waals surface area (Å²) in [6.45, 7) is 6.37. The van der Waals surface area contributed by atoms with Crippen molar-refractivity contribution in [3.05, 3.63) is 34.4 Å². The van der Waals surface area contributed by atoms with Gasteiger partial charge in [0.05, 0.1) is 5.60 Å². The molecule has 0 atom stereocenters. The zero-order valence-electron chi connectivity index (χ0n) is 10.3. The molecule has 1 nitrogen and oxygen atoms in total. The number of aliphatic hydroxyl groups is 1. The maximum Gasteiger partial charge on any atom is 0.0914 e. The molecular formula is C14H20OS. The van der Waals surface area contributed by atoms with Crippen LogP contribution in [0.25, 0.3) is 0 Å². The Morgan fingerprint density at radius 1 is 1.00 bits per heavy atom. The van der Waals surface area contributed by atoms with Crippen LogP contribution in [0.2, 0.25) is 0 Å². The van der Waals surface area contributed by atoms with E-state index in [-0.39, 0.29) is 0 Å². The minimum Gasteiger partial charge on any atom is -0.385 e. The number of benzene rings is 1. The number of aryl methyl sites for hydroxylation is 3. The molecule has 0 saturated carbocycles. The second kappa shape index (κ2) is 4.42. The first-order valence-corrected chi connectivity index (χ1v) is 7.07. The van der Waals surface area contributed by atoms with Crippen LogP contribution in [0.1, 0.15) is 35.1 Å². The van der Waals surface area contributed by atoms with Gasteiger partial charge in [-0.1, -0.05) is 12.1 Å². The van der Waals surface area contributed by atoms with Gasteiger partial charge in [0, 0.05) is 0 Å². The highest BCUT2D eigenvalue weighted by Gasteiger charge is 2.32. The topological polar surface area (TPSA) is 20.2 Å². The van der Waals surface area contributed by atoms with Crippen molar-refractivity contribution in [1.29, 1.82) is 0 Å². The van der Waals surface area contributed by atoms with E-state index in [0.717, 1.165) is 29.9 Å². The van der Waals surface area contributed by atoms with Crippen molar-refractivity contribution in [1.82, 2.24) is 0 Å². The van der Waals surface area contributed by atoms with Crippen LogP contribution in [-0.4, -0.2) is 16.6 Å². The molecule has 0 spiro atoms. The van der Waals surface area contributed by atoms with Crippen molar-refractivity contribution in [2.45, 2.75) is 39.2 Å². The molecule has 1 aromatic carbocycles. The highest BCUT2D eigenvalue weighted by Crippen LogP contribution is 2.38. The Balaban J connectivity index is 2.42. The first-order chi connectivity index (χ1) is 7.53. The highest BCUT2D eigenvalue weighted by molar-refractivity contribution is 7.99. The van der Waals surface area contributed by atoms with Gasteiger partial charge in [-0.05, 0) is 67.4 Å². The lowest BCUT2D eigenvalue weighted by molar-refractivity contribution is 0.0274. The molecule has 1 aliphatic rings. The molecule has 1 aromatic rings. The molecule has 2 rings (SSSR count). The summed E-state index contributed by atoms with van der Waals surface area (Å²) in [5.41, 5.74) is 4.41. The monoisotopic (exact) mass is 236 g/mol. The van der Waals surface area contributed by atoms with E-state index in [4.69, 9.17) is 0 Å². The third-order valence-electron chi connectivity index (χ3n) is 3.66. The molecule has 0 bridgehead atoms. The van der Waals surface area contributed by atoms with E-state index in [2.05, 4.69) is 32.9 Å². The van der Waals surface area contributed by atoms with E-state index in [1.807, 2.05) is 11.8 Å². The van der Waals surface area contributed by atoms with Crippen LogP contribution in [0.15, 0.2) is 12.1 Å². The first kappa shape index (κ1) is 12.0. The van der Waals surface area contributed by atoms with Gasteiger partial charge in [0.1, 0.15) is 0 Å². The predicted octanol–water partition coefficient (Wildman–Crippen LogP) is 3.33. The molecule has 0 aromatic heterocycles. The molecular weight excluding hydrogens is 216 g/mol. The van der Waals surface area contributed by atoms with Crippen molar-refractivity contribution < 1.29 is 5.11 Å². The number of thioether (sulfide) groups is 1. The molecule has 0 unspecified atom stereocenters. The number of rotatable bonds is 1. The Hall–Kier alpha value is -0.470. The summed E-state index contributed by atoms with van der Waals surface area (Å²) in [4.78, 5) is 0. The van der Waals surface area contributed by atoms with Gasteiger partial charge in [0.25, 0.3) is 0 Å². The van der Waals surface area contributed by atoms with Gasteiger partial charge in [-0.3, -0.25) is 0 Å². The van der Waals surface area contributed by atoms with Crippen LogP contribution in [0.5, 0.6) is 0 Å². The lowest BCUT2D eigenvalue weighted by Crippen LogP contribution is -2.31. The number of hydrogen-bond donors (Lipinski definition) is 1. The van der Waals surface area contributed by atoms with Gasteiger partial charge in [0.2, 0.25) is 0 Å². The summed E-state index contributed by atoms with van der Waals surface area (Å²) in [6, 6.07) is 4.38. The third kappa shape index (κ3) is 2.14. The highest BCUT2D eigenvalue weighted by atomic mass is 32.2. The van der Waals surface area contributed by atoms with E-state index in [1.165, 1.54) is 16.7 Å². The van der Waals surface area contributed by atoms with Gasteiger partial charge < -0.3 is 5.11 Å². The van der Waals surface area contributed by atoms with E-state index >= 15 is 0 Å². The Labute approximate surface area is 102 Å². The fourth-order valence-electron chi connectivity index (χ4n) is 2.44. The lowest BCUT2D eigenvalue weighted by atomic mass is 9.83. The molecule has 16 heavy (non-hydrogen) atoms. The Morgan fingerprint density at radius 3 is 2.19 bits per heavy atom. The molecule has 1 saturated heterocycles. The minimum absolute atomic E-state index is 0.576. The zero-order chi connectivity index (χ0) is 11.8. The average Bonchev–Trinajstić information content (AvgIpc) is 2.24. The van der Waals surface area contributed by atoms with E-state index in [9.17, 15) is 5.11 Å². The zero-order valence-corrected chi connectivity index (χ0v) is 11.2. The van der Waals surface area contributed by atoms with Crippen LogP contribution in [0.4, 0.5) is 0 Å². The molecule has 1 N–H and O–H groups in total. The van der Waals surface area contributed by atoms with E-state index in [1.54, 1.807) is 0 Å². The molecule has 1 heterocycles. The molecule has 88 valence electrons. The maximum atomic E-state index is 10.7. The summed E-state index contributed by atoms with van der Waals surface area (Å²) < 4.78 is 0. The van der Waals surface area contributed by atoms with Crippen LogP contribution in [0, 0.1) is 20.8 Å². The van der Waals surface area contributed by atoms with Crippen LogP contribution >= 0.6 is 11.8 Å². The summed E-state index contributed by atoms with van der Waals surface area (Å²) in [5.74, 6) is 2.14. The third-order valence-corrected chi connectivity index (χ3v) is 4.65. The quantitative estimate of drug-likeness (QED) is 0.807. The fraction of sp³-hybridized carbons (Fsp3) is 0.571. The smallest absolute Gasteiger partial charge is 0.0914 e. The number of hydrogen-bond acceptors (Lipinski definition) is 2. The summed E-state index contributed by atoms with van der Waals surface area (Å²) in [5, 5.41) is 10.7. The summed E-state index contributed by atoms with van der Waals surface area (Å²) in [7, 11) is 0. The molecule has 1 aliphatic heterocycles. The van der Waals surface area contributed by atoms with Gasteiger partial charge in [-0.25, -0.2) is 0 Å². The predicted molar refractivity (Wildman–Crippen MR) is 71.1 cm³/mol. The average molecular weight is 236 g/mol. The summed E-state index contributed by atoms with van der Waals surface area (Å²) in [6.07, 6.45) is 1.78. The molecule has 0 amide bonds. The van der Waals surface area contributed by atoms with Gasteiger partial charge in [-0.2, -0.15) is 11.8 Å². The van der Waals surface area contributed by atoms with Crippen LogP contribution in [-0.2, 0) is 5.60 Å². The second-order valence-corrected chi connectivity index (χ2v) is 6.12. The van der Waals surface area contributed by atoms with Crippen LogP contribution < -0.4 is 0 Å². The van der Waals surface area contributed by atoms with Gasteiger partial charge in [0.15, 0.2) is 0 Å². The second-order valence-electron chi connectivity index (χ2n) is 4.90. The first-order valence-electron chi connectivity index (χ1n) is 5.91. The van der Waals surface area contributed by atoms with Crippen molar-refractivity contribution in [2.75, 3.05) is 11.5 Å². The molecule has 2 heteroatoms. The Morgan fingerprint density at radius 2 is 1.56 bits per heavy atom. The minimum atomic E-state index is -0.576. The molecule has 0 aliphatic carbocycles. The lowest BCUT2D eigenvalue weighted by Gasteiger charge is -2.34. The van der Waals surface area contributed by atoms with Crippen molar-refractivity contribution in [3.63, 3.8) is 0 Å². The Bertz CT molecular complexity index is 392.